The number of rotatable bonds is 12. The molecule has 0 unspecified atom stereocenters. The summed E-state index contributed by atoms with van der Waals surface area (Å²) in [5.41, 5.74) is 2.81. The van der Waals surface area contributed by atoms with Gasteiger partial charge in [0, 0.05) is 55.4 Å². The Morgan fingerprint density at radius 3 is 1.02 bits per heavy atom. The number of halogens is 2. The van der Waals surface area contributed by atoms with E-state index < -0.39 is 15.1 Å². The summed E-state index contributed by atoms with van der Waals surface area (Å²) < 4.78 is 9.82. The van der Waals surface area contributed by atoms with E-state index in [-0.39, 0.29) is 24.8 Å². The van der Waals surface area contributed by atoms with Crippen LogP contribution in [0.4, 0.5) is 0 Å². The monoisotopic (exact) mass is 672 g/mol. The third-order valence-electron chi connectivity index (χ3n) is 7.99. The maximum atomic E-state index is 2.70. The average Bonchev–Trinajstić information content (AvgIpc) is 3.01. The smallest absolute Gasteiger partial charge is 0.230 e. The van der Waals surface area contributed by atoms with Crippen molar-refractivity contribution in [3.8, 4) is 0 Å². The Morgan fingerprint density at radius 1 is 0.432 bits per heavy atom. The van der Waals surface area contributed by atoms with Crippen LogP contribution in [0.15, 0.2) is 121 Å². The molecule has 0 bridgehead atoms. The van der Waals surface area contributed by atoms with Gasteiger partial charge in [0.25, 0.3) is 0 Å². The van der Waals surface area contributed by atoms with E-state index in [9.17, 15) is 0 Å². The molecule has 0 spiro atoms. The Kier molecular flexibility index (Phi) is 17.9. The molecule has 0 aromatic heterocycles. The second-order valence-corrected chi connectivity index (χ2v) is 18.7. The Bertz CT molecular complexity index is 1230. The first kappa shape index (κ1) is 40.2. The molecule has 0 N–H and O–H groups in total. The van der Waals surface area contributed by atoms with Crippen LogP contribution in [0.25, 0.3) is 0 Å². The number of hydrogen-bond donors (Lipinski definition) is 0. The number of nitrogens with zero attached hydrogens (tertiary/aromatic N) is 4. The maximum Gasteiger partial charge on any atom is 0.230 e. The molecule has 4 nitrogen and oxygen atoms in total. The highest BCUT2D eigenvalue weighted by molar-refractivity contribution is 7.86. The molecule has 0 aliphatic carbocycles. The predicted octanol–water partition coefficient (Wildman–Crippen LogP) is 1.75. The molecule has 0 atom stereocenters. The van der Waals surface area contributed by atoms with Crippen LogP contribution in [0, 0.1) is 0 Å². The fourth-order valence-electron chi connectivity index (χ4n) is 5.99. The van der Waals surface area contributed by atoms with Crippen molar-refractivity contribution >= 4 is 25.7 Å². The lowest BCUT2D eigenvalue weighted by Crippen LogP contribution is -3.00. The van der Waals surface area contributed by atoms with Gasteiger partial charge in [-0.05, 0) is 49.2 Å². The first-order valence-electron chi connectivity index (χ1n) is 15.0. The van der Waals surface area contributed by atoms with Crippen LogP contribution in [-0.4, -0.2) is 74.1 Å². The van der Waals surface area contributed by atoms with Crippen LogP contribution in [0.2, 0.25) is 0 Å². The van der Waals surface area contributed by atoms with Crippen LogP contribution < -0.4 is 35.4 Å². The van der Waals surface area contributed by atoms with Gasteiger partial charge in [-0.2, -0.15) is 18.7 Å². The van der Waals surface area contributed by atoms with Crippen molar-refractivity contribution in [1.29, 1.82) is 0 Å². The molecule has 4 rings (SSSR count). The van der Waals surface area contributed by atoms with Gasteiger partial charge < -0.3 is 24.8 Å². The zero-order chi connectivity index (χ0) is 30.6. The first-order chi connectivity index (χ1) is 20.2. The molecule has 0 saturated heterocycles. The van der Waals surface area contributed by atoms with Crippen molar-refractivity contribution in [3.05, 3.63) is 132 Å². The average molecular weight is 674 g/mol. The van der Waals surface area contributed by atoms with Gasteiger partial charge in [0.15, 0.2) is 7.41 Å². The molecule has 8 heteroatoms. The molecule has 4 aromatic carbocycles. The molecule has 0 amide bonds. The number of benzene rings is 4. The van der Waals surface area contributed by atoms with Crippen molar-refractivity contribution < 1.29 is 24.8 Å². The highest BCUT2D eigenvalue weighted by Crippen LogP contribution is 2.66. The highest BCUT2D eigenvalue weighted by Gasteiger charge is 2.48. The summed E-state index contributed by atoms with van der Waals surface area (Å²) in [5.74, 6) is 0. The zero-order valence-electron chi connectivity index (χ0n) is 27.8. The molecule has 240 valence electrons. The van der Waals surface area contributed by atoms with E-state index in [1.165, 1.54) is 21.7 Å². The molecule has 0 saturated carbocycles. The van der Waals surface area contributed by atoms with E-state index in [1.54, 1.807) is 0 Å². The predicted molar refractivity (Wildman–Crippen MR) is 190 cm³/mol. The summed E-state index contributed by atoms with van der Waals surface area (Å²) in [4.78, 5) is 0. The van der Waals surface area contributed by atoms with Crippen LogP contribution in [0.5, 0.6) is 0 Å². The van der Waals surface area contributed by atoms with E-state index in [0.29, 0.717) is 0 Å². The molecule has 0 heterocycles. The molecule has 0 radical (unpaired) electrons. The van der Waals surface area contributed by atoms with Gasteiger partial charge in [-0.15, -0.1) is 0 Å². The fourth-order valence-corrected chi connectivity index (χ4v) is 14.2. The minimum Gasteiger partial charge on any atom is -1.00 e. The van der Waals surface area contributed by atoms with Gasteiger partial charge in [0.1, 0.15) is 22.9 Å². The van der Waals surface area contributed by atoms with Crippen LogP contribution in [0.3, 0.4) is 0 Å². The zero-order valence-corrected chi connectivity index (χ0v) is 31.1. The summed E-state index contributed by atoms with van der Waals surface area (Å²) in [7, 11) is 9.93. The Balaban J connectivity index is 0.000000451. The Labute approximate surface area is 282 Å². The molecular formula is C36H52Cl2N4P2. The standard InChI is InChI=1S/C23H27NP.C13H25N3P.2ClH/c1-3-24(4-2)25(22-16-10-6-11-17-22,23-18-12-7-13-19-23)20-21-14-8-5-9-15-21;1-14(2)17(15(3)4,16(5)6)12-13-10-8-7-9-11-13;;/h5-19H,3-4,20H2,1-2H3;7-11H,12H2,1-6H3;2*1H/q2*+1;;/p-2. The number of hydrogen-bond acceptors (Lipinski definition) is 4. The van der Waals surface area contributed by atoms with Crippen molar-refractivity contribution in [3.63, 3.8) is 0 Å². The second kappa shape index (κ2) is 19.6. The van der Waals surface area contributed by atoms with Crippen LogP contribution in [0.1, 0.15) is 25.0 Å². The van der Waals surface area contributed by atoms with E-state index in [1.807, 2.05) is 0 Å². The molecule has 0 aliphatic rings. The Morgan fingerprint density at radius 2 is 0.727 bits per heavy atom. The lowest BCUT2D eigenvalue weighted by Gasteiger charge is -2.40. The topological polar surface area (TPSA) is 13.0 Å². The minimum atomic E-state index is -1.70. The van der Waals surface area contributed by atoms with E-state index in [4.69, 9.17) is 0 Å². The minimum absolute atomic E-state index is 0. The van der Waals surface area contributed by atoms with Gasteiger partial charge in [-0.25, -0.2) is 0 Å². The molecule has 0 aliphatic heterocycles. The van der Waals surface area contributed by atoms with Gasteiger partial charge >= 0.3 is 0 Å². The lowest BCUT2D eigenvalue weighted by molar-refractivity contribution is -0.001000. The largest absolute Gasteiger partial charge is 1.00 e. The second-order valence-electron chi connectivity index (χ2n) is 11.1. The molecular weight excluding hydrogens is 621 g/mol. The van der Waals surface area contributed by atoms with E-state index in [2.05, 4.69) is 196 Å². The van der Waals surface area contributed by atoms with Crippen molar-refractivity contribution in [1.82, 2.24) is 18.7 Å². The van der Waals surface area contributed by atoms with Crippen molar-refractivity contribution in [2.45, 2.75) is 26.2 Å². The highest BCUT2D eigenvalue weighted by atomic mass is 35.5. The summed E-state index contributed by atoms with van der Waals surface area (Å²) in [6.45, 7) is 6.69. The van der Waals surface area contributed by atoms with Gasteiger partial charge in [-0.3, -0.25) is 0 Å². The van der Waals surface area contributed by atoms with Crippen LogP contribution >= 0.6 is 15.1 Å². The first-order valence-corrected chi connectivity index (χ1v) is 18.7. The van der Waals surface area contributed by atoms with Gasteiger partial charge in [0.2, 0.25) is 7.71 Å². The van der Waals surface area contributed by atoms with Crippen molar-refractivity contribution in [2.24, 2.45) is 0 Å². The summed E-state index contributed by atoms with van der Waals surface area (Å²) in [5, 5.41) is 2.93. The summed E-state index contributed by atoms with van der Waals surface area (Å²) in [6, 6.07) is 43.9. The molecule has 4 aromatic rings. The third kappa shape index (κ3) is 9.58. The Hall–Kier alpha value is -1.84. The molecule has 44 heavy (non-hydrogen) atoms. The van der Waals surface area contributed by atoms with Crippen LogP contribution in [-0.2, 0) is 12.3 Å². The lowest BCUT2D eigenvalue weighted by atomic mass is 10.2. The van der Waals surface area contributed by atoms with Gasteiger partial charge in [-0.1, -0.05) is 97.1 Å². The van der Waals surface area contributed by atoms with E-state index >= 15 is 0 Å². The SMILES string of the molecule is CCN(CC)[P+](Cc1ccccc1)(c1ccccc1)c1ccccc1.CN(C)[P+](Cc1ccccc1)(N(C)C)N(C)C.[Cl-].[Cl-]. The van der Waals surface area contributed by atoms with Crippen molar-refractivity contribution in [2.75, 3.05) is 55.4 Å². The quantitative estimate of drug-likeness (QED) is 0.213. The third-order valence-corrected chi connectivity index (χ3v) is 17.3. The fraction of sp³-hybridized carbons (Fsp3) is 0.333. The summed E-state index contributed by atoms with van der Waals surface area (Å²) in [6.07, 6.45) is 2.16. The maximum absolute atomic E-state index is 2.70. The normalized spacial score (nSPS) is 11.5. The summed E-state index contributed by atoms with van der Waals surface area (Å²) >= 11 is 0. The van der Waals surface area contributed by atoms with E-state index in [0.717, 1.165) is 25.4 Å². The van der Waals surface area contributed by atoms with Gasteiger partial charge in [0.05, 0.1) is 0 Å². The molecule has 0 fully saturated rings.